The molecule has 0 saturated carbocycles. The van der Waals surface area contributed by atoms with E-state index in [-0.39, 0.29) is 21.9 Å². The standard InChI is InChI=1S/C17H16N2O6S2/c18-9-12-3-1-6-15(7-12)27(24,25)19(13-4-2-5-14(20)8-13)16-10-26(22,23)11-17(16)21/h1-8,16-17,20-21H,10-11H2/t16-,17+/m0/s1. The normalized spacial score (nSPS) is 21.5. The van der Waals surface area contributed by atoms with Crippen LogP contribution < -0.4 is 4.31 Å². The van der Waals surface area contributed by atoms with Crippen LogP contribution in [-0.2, 0) is 19.9 Å². The van der Waals surface area contributed by atoms with Gasteiger partial charge in [0.2, 0.25) is 0 Å². The first-order chi connectivity index (χ1) is 12.6. The molecule has 2 N–H and O–H groups in total. The van der Waals surface area contributed by atoms with Crippen LogP contribution in [-0.4, -0.2) is 50.7 Å². The number of aromatic hydroxyl groups is 1. The Morgan fingerprint density at radius 2 is 1.81 bits per heavy atom. The lowest BCUT2D eigenvalue weighted by molar-refractivity contribution is 0.184. The molecule has 1 heterocycles. The topological polar surface area (TPSA) is 136 Å². The molecule has 2 atom stereocenters. The van der Waals surface area contributed by atoms with Crippen molar-refractivity contribution in [2.75, 3.05) is 15.8 Å². The van der Waals surface area contributed by atoms with Crippen LogP contribution in [0.2, 0.25) is 0 Å². The van der Waals surface area contributed by atoms with Crippen LogP contribution >= 0.6 is 0 Å². The van der Waals surface area contributed by atoms with Crippen molar-refractivity contribution in [3.8, 4) is 11.8 Å². The van der Waals surface area contributed by atoms with E-state index in [0.717, 1.165) is 4.31 Å². The summed E-state index contributed by atoms with van der Waals surface area (Å²) in [5.41, 5.74) is 0.130. The summed E-state index contributed by atoms with van der Waals surface area (Å²) < 4.78 is 51.3. The maximum absolute atomic E-state index is 13.3. The predicted octanol–water partition coefficient (Wildman–Crippen LogP) is 0.617. The number of nitriles is 1. The maximum Gasteiger partial charge on any atom is 0.264 e. The number of aliphatic hydroxyl groups is 1. The highest BCUT2D eigenvalue weighted by Gasteiger charge is 2.45. The molecule has 0 amide bonds. The van der Waals surface area contributed by atoms with Gasteiger partial charge in [0.15, 0.2) is 9.84 Å². The van der Waals surface area contributed by atoms with Crippen molar-refractivity contribution < 1.29 is 27.0 Å². The molecule has 1 saturated heterocycles. The van der Waals surface area contributed by atoms with Crippen LogP contribution in [0.4, 0.5) is 5.69 Å². The highest BCUT2D eigenvalue weighted by Crippen LogP contribution is 2.32. The fourth-order valence-corrected chi connectivity index (χ4v) is 6.59. The van der Waals surface area contributed by atoms with Crippen molar-refractivity contribution in [2.24, 2.45) is 0 Å². The Balaban J connectivity index is 2.19. The second-order valence-corrected chi connectivity index (χ2v) is 10.1. The zero-order valence-electron chi connectivity index (χ0n) is 13.9. The quantitative estimate of drug-likeness (QED) is 0.757. The average Bonchev–Trinajstić information content (AvgIpc) is 2.87. The Morgan fingerprint density at radius 1 is 1.11 bits per heavy atom. The van der Waals surface area contributed by atoms with Crippen molar-refractivity contribution in [1.82, 2.24) is 0 Å². The molecule has 142 valence electrons. The monoisotopic (exact) mass is 408 g/mol. The third-order valence-corrected chi connectivity index (χ3v) is 7.75. The number of aliphatic hydroxyl groups excluding tert-OH is 1. The summed E-state index contributed by atoms with van der Waals surface area (Å²) in [4.78, 5) is -0.221. The highest BCUT2D eigenvalue weighted by atomic mass is 32.2. The molecule has 1 aliphatic heterocycles. The van der Waals surface area contributed by atoms with Gasteiger partial charge in [-0.3, -0.25) is 4.31 Å². The minimum atomic E-state index is -4.32. The van der Waals surface area contributed by atoms with Crippen molar-refractivity contribution in [2.45, 2.75) is 17.0 Å². The van der Waals surface area contributed by atoms with E-state index in [1.807, 2.05) is 6.07 Å². The van der Waals surface area contributed by atoms with E-state index >= 15 is 0 Å². The molecule has 2 aromatic rings. The van der Waals surface area contributed by atoms with Gasteiger partial charge in [0, 0.05) is 6.07 Å². The van der Waals surface area contributed by atoms with Gasteiger partial charge in [0.1, 0.15) is 5.75 Å². The van der Waals surface area contributed by atoms with Crippen molar-refractivity contribution in [3.63, 3.8) is 0 Å². The fraction of sp³-hybridized carbons (Fsp3) is 0.235. The summed E-state index contributed by atoms with van der Waals surface area (Å²) in [6.07, 6.45) is -1.42. The lowest BCUT2D eigenvalue weighted by Gasteiger charge is -2.31. The molecule has 3 rings (SSSR count). The number of phenols is 1. The molecule has 10 heteroatoms. The van der Waals surface area contributed by atoms with E-state index in [1.54, 1.807) is 0 Å². The van der Waals surface area contributed by atoms with Gasteiger partial charge in [-0.25, -0.2) is 16.8 Å². The summed E-state index contributed by atoms with van der Waals surface area (Å²) >= 11 is 0. The molecule has 1 aliphatic rings. The zero-order chi connectivity index (χ0) is 19.8. The number of hydrogen-bond donors (Lipinski definition) is 2. The summed E-state index contributed by atoms with van der Waals surface area (Å²) in [5.74, 6) is -1.32. The largest absolute Gasteiger partial charge is 0.508 e. The Kier molecular flexibility index (Phi) is 4.86. The zero-order valence-corrected chi connectivity index (χ0v) is 15.6. The van der Waals surface area contributed by atoms with Crippen LogP contribution in [0.25, 0.3) is 0 Å². The van der Waals surface area contributed by atoms with Gasteiger partial charge in [0.25, 0.3) is 10.0 Å². The van der Waals surface area contributed by atoms with E-state index in [9.17, 15) is 27.0 Å². The molecular formula is C17H16N2O6S2. The van der Waals surface area contributed by atoms with Crippen molar-refractivity contribution in [3.05, 3.63) is 54.1 Å². The van der Waals surface area contributed by atoms with E-state index in [1.165, 1.54) is 48.5 Å². The summed E-state index contributed by atoms with van der Waals surface area (Å²) in [7, 11) is -7.96. The Morgan fingerprint density at radius 3 is 2.41 bits per heavy atom. The molecule has 0 aromatic heterocycles. The third-order valence-electron chi connectivity index (χ3n) is 4.20. The number of nitrogens with zero attached hydrogens (tertiary/aromatic N) is 2. The maximum atomic E-state index is 13.3. The van der Waals surface area contributed by atoms with Gasteiger partial charge in [-0.2, -0.15) is 5.26 Å². The number of benzene rings is 2. The molecule has 0 unspecified atom stereocenters. The number of sulfone groups is 1. The van der Waals surface area contributed by atoms with Gasteiger partial charge in [-0.1, -0.05) is 12.1 Å². The molecule has 0 aliphatic carbocycles. The fourth-order valence-electron chi connectivity index (χ4n) is 3.01. The number of anilines is 1. The van der Waals surface area contributed by atoms with E-state index in [4.69, 9.17) is 5.26 Å². The molecule has 0 radical (unpaired) electrons. The van der Waals surface area contributed by atoms with Crippen LogP contribution in [0.1, 0.15) is 5.56 Å². The molecule has 8 nitrogen and oxygen atoms in total. The minimum Gasteiger partial charge on any atom is -0.508 e. The highest BCUT2D eigenvalue weighted by molar-refractivity contribution is 7.93. The van der Waals surface area contributed by atoms with Gasteiger partial charge in [-0.15, -0.1) is 0 Å². The first-order valence-corrected chi connectivity index (χ1v) is 11.1. The van der Waals surface area contributed by atoms with E-state index in [2.05, 4.69) is 0 Å². The van der Waals surface area contributed by atoms with Crippen molar-refractivity contribution in [1.29, 1.82) is 5.26 Å². The SMILES string of the molecule is N#Cc1cccc(S(=O)(=O)N(c2cccc(O)c2)[C@H]2CS(=O)(=O)C[C@H]2O)c1. The summed E-state index contributed by atoms with van der Waals surface area (Å²) in [6.45, 7) is 0. The van der Waals surface area contributed by atoms with E-state index in [0.29, 0.717) is 0 Å². The number of phenolic OH excluding ortho intramolecular Hbond substituents is 1. The number of hydrogen-bond acceptors (Lipinski definition) is 7. The van der Waals surface area contributed by atoms with E-state index < -0.39 is 43.5 Å². The Hall–Kier alpha value is -2.61. The third kappa shape index (κ3) is 3.75. The van der Waals surface area contributed by atoms with Gasteiger partial charge < -0.3 is 10.2 Å². The number of sulfonamides is 1. The molecule has 1 fully saturated rings. The average molecular weight is 408 g/mol. The van der Waals surface area contributed by atoms with Crippen LogP contribution in [0.15, 0.2) is 53.4 Å². The lowest BCUT2D eigenvalue weighted by Crippen LogP contribution is -2.47. The molecule has 0 bridgehead atoms. The first-order valence-electron chi connectivity index (χ1n) is 7.86. The minimum absolute atomic E-state index is 0.0125. The second-order valence-electron chi connectivity index (χ2n) is 6.17. The molecule has 27 heavy (non-hydrogen) atoms. The molecule has 2 aromatic carbocycles. The van der Waals surface area contributed by atoms with Gasteiger partial charge in [-0.05, 0) is 30.3 Å². The number of rotatable bonds is 4. The molecular weight excluding hydrogens is 392 g/mol. The summed E-state index contributed by atoms with van der Waals surface area (Å²) in [5, 5.41) is 29.0. The molecule has 0 spiro atoms. The predicted molar refractivity (Wildman–Crippen MR) is 97.4 cm³/mol. The lowest BCUT2D eigenvalue weighted by atomic mass is 10.2. The van der Waals surface area contributed by atoms with Gasteiger partial charge >= 0.3 is 0 Å². The Labute approximate surface area is 156 Å². The summed E-state index contributed by atoms with van der Waals surface area (Å²) in [6, 6.07) is 11.2. The van der Waals surface area contributed by atoms with Crippen molar-refractivity contribution >= 4 is 25.5 Å². The Bertz CT molecular complexity index is 1120. The van der Waals surface area contributed by atoms with Crippen LogP contribution in [0.3, 0.4) is 0 Å². The second kappa shape index (κ2) is 6.84. The van der Waals surface area contributed by atoms with Gasteiger partial charge in [0.05, 0.1) is 45.9 Å². The first kappa shape index (κ1) is 19.2. The smallest absolute Gasteiger partial charge is 0.264 e. The van der Waals surface area contributed by atoms with Crippen LogP contribution in [0.5, 0.6) is 5.75 Å². The van der Waals surface area contributed by atoms with Crippen LogP contribution in [0, 0.1) is 11.3 Å².